The summed E-state index contributed by atoms with van der Waals surface area (Å²) < 4.78 is 0. The Morgan fingerprint density at radius 1 is 0.600 bits per heavy atom. The van der Waals surface area contributed by atoms with E-state index in [1.54, 1.807) is 0 Å². The van der Waals surface area contributed by atoms with Crippen molar-refractivity contribution in [3.63, 3.8) is 0 Å². The maximum Gasteiger partial charge on any atom is 0.0540 e. The van der Waals surface area contributed by atoms with Gasteiger partial charge in [0.1, 0.15) is 0 Å². The maximum absolute atomic E-state index is 9.43. The summed E-state index contributed by atoms with van der Waals surface area (Å²) in [7, 11) is 0. The molecule has 0 saturated heterocycles. The number of rotatable bonds is 4. The lowest BCUT2D eigenvalue weighted by Crippen LogP contribution is -2.31. The lowest BCUT2D eigenvalue weighted by molar-refractivity contribution is 0.0234. The first-order valence-corrected chi connectivity index (χ1v) is 10.6. The van der Waals surface area contributed by atoms with Crippen molar-refractivity contribution < 1.29 is 20.4 Å². The Kier molecular flexibility index (Phi) is 9.18. The van der Waals surface area contributed by atoms with E-state index in [0.29, 0.717) is 0 Å². The van der Waals surface area contributed by atoms with Gasteiger partial charge in [-0.25, -0.2) is 0 Å². The first-order chi connectivity index (χ1) is 12.1. The van der Waals surface area contributed by atoms with E-state index in [0.717, 1.165) is 50.4 Å². The van der Waals surface area contributed by atoms with E-state index in [1.807, 2.05) is 0 Å². The van der Waals surface area contributed by atoms with E-state index in [-0.39, 0.29) is 30.8 Å². The Bertz CT molecular complexity index is 312. The van der Waals surface area contributed by atoms with Gasteiger partial charge < -0.3 is 20.4 Å². The van der Waals surface area contributed by atoms with E-state index in [9.17, 15) is 10.2 Å². The molecule has 148 valence electrons. The van der Waals surface area contributed by atoms with E-state index in [4.69, 9.17) is 10.2 Å². The van der Waals surface area contributed by atoms with Crippen molar-refractivity contribution in [3.8, 4) is 0 Å². The average Bonchev–Trinajstić information content (AvgIpc) is 2.66. The molecular formula is C21H40O4. The number of hydrogen-bond acceptors (Lipinski definition) is 4. The second kappa shape index (κ2) is 10.9. The van der Waals surface area contributed by atoms with Gasteiger partial charge in [-0.2, -0.15) is 0 Å². The minimum absolute atomic E-state index is 0.0190. The largest absolute Gasteiger partial charge is 0.396 e. The minimum Gasteiger partial charge on any atom is -0.396 e. The molecule has 0 radical (unpaired) electrons. The fourth-order valence-corrected chi connectivity index (χ4v) is 4.90. The first-order valence-electron chi connectivity index (χ1n) is 10.6. The van der Waals surface area contributed by atoms with Crippen LogP contribution in [0.3, 0.4) is 0 Å². The quantitative estimate of drug-likeness (QED) is 0.622. The van der Waals surface area contributed by atoms with Crippen molar-refractivity contribution in [2.75, 3.05) is 13.2 Å². The van der Waals surface area contributed by atoms with E-state index >= 15 is 0 Å². The molecule has 3 rings (SSSR count). The zero-order valence-corrected chi connectivity index (χ0v) is 15.9. The zero-order chi connectivity index (χ0) is 18.1. The fraction of sp³-hybridized carbons (Fsp3) is 1.00. The van der Waals surface area contributed by atoms with Crippen molar-refractivity contribution >= 4 is 0 Å². The SMILES string of the molecule is OC1CCC(CC2CCC(O)CC2)CC1.OCC1(CO)CCCCC1. The van der Waals surface area contributed by atoms with Crippen molar-refractivity contribution in [2.24, 2.45) is 17.3 Å². The van der Waals surface area contributed by atoms with Gasteiger partial charge in [0, 0.05) is 5.41 Å². The van der Waals surface area contributed by atoms with Crippen LogP contribution >= 0.6 is 0 Å². The topological polar surface area (TPSA) is 80.9 Å². The first kappa shape index (κ1) is 21.1. The summed E-state index contributed by atoms with van der Waals surface area (Å²) in [4.78, 5) is 0. The average molecular weight is 357 g/mol. The molecule has 0 aromatic carbocycles. The van der Waals surface area contributed by atoms with Gasteiger partial charge in [-0.15, -0.1) is 0 Å². The molecule has 0 aromatic rings. The molecule has 4 heteroatoms. The molecule has 0 aliphatic heterocycles. The lowest BCUT2D eigenvalue weighted by Gasteiger charge is -2.33. The van der Waals surface area contributed by atoms with Gasteiger partial charge >= 0.3 is 0 Å². The lowest BCUT2D eigenvalue weighted by atomic mass is 9.75. The van der Waals surface area contributed by atoms with Crippen molar-refractivity contribution in [1.29, 1.82) is 0 Å². The standard InChI is InChI=1S/C13H24O2.C8H16O2/c14-12-5-1-10(2-6-12)9-11-3-7-13(15)8-4-11;9-6-8(7-10)4-2-1-3-5-8/h10-15H,1-9H2;9-10H,1-7H2. The van der Waals surface area contributed by atoms with Gasteiger partial charge in [0.05, 0.1) is 25.4 Å². The molecule has 4 nitrogen and oxygen atoms in total. The van der Waals surface area contributed by atoms with Crippen LogP contribution in [0.5, 0.6) is 0 Å². The second-order valence-electron chi connectivity index (χ2n) is 8.96. The summed E-state index contributed by atoms with van der Waals surface area (Å²) in [5, 5.41) is 36.8. The van der Waals surface area contributed by atoms with Crippen LogP contribution in [-0.4, -0.2) is 45.8 Å². The highest BCUT2D eigenvalue weighted by Gasteiger charge is 2.30. The van der Waals surface area contributed by atoms with Crippen LogP contribution in [-0.2, 0) is 0 Å². The predicted molar refractivity (Wildman–Crippen MR) is 100 cm³/mol. The minimum atomic E-state index is -0.127. The van der Waals surface area contributed by atoms with E-state index < -0.39 is 0 Å². The third-order valence-electron chi connectivity index (χ3n) is 6.88. The van der Waals surface area contributed by atoms with Gasteiger partial charge in [-0.1, -0.05) is 19.3 Å². The molecule has 0 bridgehead atoms. The van der Waals surface area contributed by atoms with Crippen LogP contribution in [0.1, 0.15) is 89.9 Å². The smallest absolute Gasteiger partial charge is 0.0540 e. The Balaban J connectivity index is 0.000000196. The van der Waals surface area contributed by atoms with Crippen molar-refractivity contribution in [3.05, 3.63) is 0 Å². The van der Waals surface area contributed by atoms with E-state index in [1.165, 1.54) is 51.4 Å². The molecule has 3 fully saturated rings. The van der Waals surface area contributed by atoms with Gasteiger partial charge in [0.15, 0.2) is 0 Å². The fourth-order valence-electron chi connectivity index (χ4n) is 4.90. The number of aliphatic hydroxyl groups is 4. The molecule has 0 heterocycles. The Morgan fingerprint density at radius 3 is 1.32 bits per heavy atom. The zero-order valence-electron chi connectivity index (χ0n) is 15.9. The summed E-state index contributed by atoms with van der Waals surface area (Å²) in [6.07, 6.45) is 15.9. The summed E-state index contributed by atoms with van der Waals surface area (Å²) >= 11 is 0. The molecule has 0 amide bonds. The summed E-state index contributed by atoms with van der Waals surface area (Å²) in [5.74, 6) is 1.71. The molecule has 0 aromatic heterocycles. The Labute approximate surface area is 153 Å². The third-order valence-corrected chi connectivity index (χ3v) is 6.88. The molecular weight excluding hydrogens is 316 g/mol. The van der Waals surface area contributed by atoms with Crippen molar-refractivity contribution in [1.82, 2.24) is 0 Å². The van der Waals surface area contributed by atoms with Gasteiger partial charge in [-0.05, 0) is 82.5 Å². The molecule has 0 spiro atoms. The molecule has 3 saturated carbocycles. The molecule has 0 unspecified atom stereocenters. The Morgan fingerprint density at radius 2 is 1.00 bits per heavy atom. The van der Waals surface area contributed by atoms with Crippen LogP contribution in [0.25, 0.3) is 0 Å². The van der Waals surface area contributed by atoms with E-state index in [2.05, 4.69) is 0 Å². The van der Waals surface area contributed by atoms with Crippen LogP contribution < -0.4 is 0 Å². The molecule has 25 heavy (non-hydrogen) atoms. The maximum atomic E-state index is 9.43. The monoisotopic (exact) mass is 356 g/mol. The summed E-state index contributed by atoms with van der Waals surface area (Å²) in [6.45, 7) is 0.312. The normalized spacial score (nSPS) is 35.5. The summed E-state index contributed by atoms with van der Waals surface area (Å²) in [6, 6.07) is 0. The third kappa shape index (κ3) is 7.16. The van der Waals surface area contributed by atoms with Gasteiger partial charge in [-0.3, -0.25) is 0 Å². The highest BCUT2D eigenvalue weighted by atomic mass is 16.3. The highest BCUT2D eigenvalue weighted by Crippen LogP contribution is 2.36. The van der Waals surface area contributed by atoms with Crippen LogP contribution in [0, 0.1) is 17.3 Å². The van der Waals surface area contributed by atoms with Crippen LogP contribution in [0.2, 0.25) is 0 Å². The van der Waals surface area contributed by atoms with Gasteiger partial charge in [0.25, 0.3) is 0 Å². The molecule has 3 aliphatic rings. The molecule has 3 aliphatic carbocycles. The second-order valence-corrected chi connectivity index (χ2v) is 8.96. The summed E-state index contributed by atoms with van der Waals surface area (Å²) in [5.41, 5.74) is -0.127. The predicted octanol–water partition coefficient (Wildman–Crippen LogP) is 3.40. The number of hydrogen-bond donors (Lipinski definition) is 4. The highest BCUT2D eigenvalue weighted by molar-refractivity contribution is 4.81. The molecule has 0 atom stereocenters. The molecule has 4 N–H and O–H groups in total. The number of aliphatic hydroxyl groups excluding tert-OH is 4. The van der Waals surface area contributed by atoms with Crippen LogP contribution in [0.15, 0.2) is 0 Å². The Hall–Kier alpha value is -0.160. The van der Waals surface area contributed by atoms with Crippen molar-refractivity contribution in [2.45, 2.75) is 102 Å². The van der Waals surface area contributed by atoms with Gasteiger partial charge in [0.2, 0.25) is 0 Å². The van der Waals surface area contributed by atoms with Crippen LogP contribution in [0.4, 0.5) is 0 Å².